The number of hydrogen-bond donors (Lipinski definition) is 4. The van der Waals surface area contributed by atoms with Gasteiger partial charge in [0.1, 0.15) is 6.10 Å². The SMILES string of the molecule is OCC(O)C(I)OSNS. The highest BCUT2D eigenvalue weighted by atomic mass is 127. The normalized spacial score (nSPS) is 16.8. The monoisotopic (exact) mass is 297 g/mol. The van der Waals surface area contributed by atoms with E-state index in [-0.39, 0.29) is 6.61 Å². The second-order valence-electron chi connectivity index (χ2n) is 1.37. The Kier molecular flexibility index (Phi) is 7.83. The van der Waals surface area contributed by atoms with Gasteiger partial charge >= 0.3 is 0 Å². The molecule has 0 spiro atoms. The van der Waals surface area contributed by atoms with Gasteiger partial charge in [0.05, 0.1) is 18.8 Å². The summed E-state index contributed by atoms with van der Waals surface area (Å²) in [5.74, 6) is 0. The molecule has 10 heavy (non-hydrogen) atoms. The first-order valence-corrected chi connectivity index (χ1v) is 4.80. The molecule has 0 aliphatic rings. The van der Waals surface area contributed by atoms with E-state index in [4.69, 9.17) is 14.4 Å². The quantitative estimate of drug-likeness (QED) is 0.191. The van der Waals surface area contributed by atoms with Gasteiger partial charge in [-0.2, -0.15) is 4.13 Å². The molecule has 0 radical (unpaired) electrons. The Bertz CT molecular complexity index is 88.1. The van der Waals surface area contributed by atoms with Crippen LogP contribution in [0, 0.1) is 0 Å². The third-order valence-corrected chi connectivity index (χ3v) is 2.70. The van der Waals surface area contributed by atoms with Crippen molar-refractivity contribution in [1.29, 1.82) is 0 Å². The van der Waals surface area contributed by atoms with Crippen molar-refractivity contribution in [3.63, 3.8) is 0 Å². The lowest BCUT2D eigenvalue weighted by Crippen LogP contribution is -2.25. The van der Waals surface area contributed by atoms with Crippen LogP contribution in [0.5, 0.6) is 0 Å². The molecule has 0 aliphatic heterocycles. The summed E-state index contributed by atoms with van der Waals surface area (Å²) in [6.07, 6.45) is -0.852. The first-order chi connectivity index (χ1) is 4.72. The van der Waals surface area contributed by atoms with Crippen LogP contribution in [-0.2, 0) is 4.18 Å². The number of halogens is 1. The maximum Gasteiger partial charge on any atom is 0.152 e. The van der Waals surface area contributed by atoms with Crippen LogP contribution in [0.3, 0.4) is 0 Å². The minimum absolute atomic E-state index is 0.305. The van der Waals surface area contributed by atoms with Crippen LogP contribution >= 0.6 is 47.6 Å². The molecule has 2 unspecified atom stereocenters. The fourth-order valence-corrected chi connectivity index (χ4v) is 1.15. The molecular weight excluding hydrogens is 289 g/mol. The number of aliphatic hydroxyl groups is 2. The van der Waals surface area contributed by atoms with Gasteiger partial charge in [-0.1, -0.05) is 12.8 Å². The molecule has 4 nitrogen and oxygen atoms in total. The van der Waals surface area contributed by atoms with E-state index in [9.17, 15) is 0 Å². The van der Waals surface area contributed by atoms with Crippen LogP contribution in [-0.4, -0.2) is 27.0 Å². The van der Waals surface area contributed by atoms with E-state index in [1.165, 1.54) is 0 Å². The van der Waals surface area contributed by atoms with Gasteiger partial charge in [0.25, 0.3) is 0 Å². The lowest BCUT2D eigenvalue weighted by Gasteiger charge is -2.12. The van der Waals surface area contributed by atoms with Crippen molar-refractivity contribution in [2.45, 2.75) is 10.2 Å². The number of aliphatic hydroxyl groups excluding tert-OH is 2. The van der Waals surface area contributed by atoms with Crippen LogP contribution < -0.4 is 4.13 Å². The van der Waals surface area contributed by atoms with Crippen molar-refractivity contribution in [2.24, 2.45) is 0 Å². The molecule has 0 aromatic heterocycles. The molecule has 62 valence electrons. The van der Waals surface area contributed by atoms with E-state index in [1.54, 1.807) is 0 Å². The second-order valence-corrected chi connectivity index (χ2v) is 3.69. The van der Waals surface area contributed by atoms with Crippen LogP contribution in [0.2, 0.25) is 0 Å². The minimum Gasteiger partial charge on any atom is -0.394 e. The zero-order valence-electron chi connectivity index (χ0n) is 4.90. The third-order valence-electron chi connectivity index (χ3n) is 0.667. The molecule has 0 heterocycles. The maximum atomic E-state index is 8.90. The molecule has 3 N–H and O–H groups in total. The summed E-state index contributed by atoms with van der Waals surface area (Å²) in [5, 5.41) is 17.3. The van der Waals surface area contributed by atoms with Gasteiger partial charge < -0.3 is 10.2 Å². The standard InChI is InChI=1S/C3H8INO3S2/c4-3(2(7)1-6)8-10-5-9/h2-3,5-7,9H,1H2. The van der Waals surface area contributed by atoms with Crippen LogP contribution in [0.1, 0.15) is 0 Å². The second kappa shape index (κ2) is 6.95. The zero-order chi connectivity index (χ0) is 7.98. The summed E-state index contributed by atoms with van der Waals surface area (Å²) in [7, 11) is 0. The van der Waals surface area contributed by atoms with E-state index in [1.807, 2.05) is 22.6 Å². The van der Waals surface area contributed by atoms with Crippen molar-refractivity contribution < 1.29 is 14.4 Å². The largest absolute Gasteiger partial charge is 0.394 e. The number of nitrogens with one attached hydrogen (secondary N) is 1. The van der Waals surface area contributed by atoms with Gasteiger partial charge in [-0.05, 0) is 22.6 Å². The topological polar surface area (TPSA) is 61.7 Å². The Morgan fingerprint density at radius 1 is 1.80 bits per heavy atom. The lowest BCUT2D eigenvalue weighted by molar-refractivity contribution is 0.0522. The average Bonchev–Trinajstić information content (AvgIpc) is 1.98. The molecule has 0 aromatic rings. The van der Waals surface area contributed by atoms with E-state index in [0.29, 0.717) is 0 Å². The highest BCUT2D eigenvalue weighted by molar-refractivity contribution is 14.1. The van der Waals surface area contributed by atoms with Crippen molar-refractivity contribution in [2.75, 3.05) is 6.61 Å². The summed E-state index contributed by atoms with van der Waals surface area (Å²) in [5.41, 5.74) is 0. The molecule has 0 bridgehead atoms. The minimum atomic E-state index is -0.852. The van der Waals surface area contributed by atoms with Gasteiger partial charge in [0, 0.05) is 0 Å². The zero-order valence-corrected chi connectivity index (χ0v) is 8.77. The Hall–Kier alpha value is 1.27. The van der Waals surface area contributed by atoms with Crippen molar-refractivity contribution >= 4 is 47.6 Å². The average molecular weight is 297 g/mol. The highest BCUT2D eigenvalue weighted by Crippen LogP contribution is 2.14. The van der Waals surface area contributed by atoms with Crippen molar-refractivity contribution in [3.05, 3.63) is 0 Å². The number of thiol groups is 1. The van der Waals surface area contributed by atoms with Crippen LogP contribution in [0.25, 0.3) is 0 Å². The maximum absolute atomic E-state index is 8.90. The molecule has 0 fully saturated rings. The van der Waals surface area contributed by atoms with E-state index in [2.05, 4.69) is 16.9 Å². The van der Waals surface area contributed by atoms with Gasteiger partial charge in [0.15, 0.2) is 4.11 Å². The van der Waals surface area contributed by atoms with Gasteiger partial charge in [-0.15, -0.1) is 0 Å². The number of alkyl halides is 1. The molecule has 0 rings (SSSR count). The van der Waals surface area contributed by atoms with E-state index >= 15 is 0 Å². The molecule has 0 aliphatic carbocycles. The van der Waals surface area contributed by atoms with Crippen molar-refractivity contribution in [1.82, 2.24) is 4.13 Å². The lowest BCUT2D eigenvalue weighted by atomic mass is 10.4. The Labute approximate surface area is 82.7 Å². The summed E-state index contributed by atoms with van der Waals surface area (Å²) in [6.45, 7) is -0.305. The fraction of sp³-hybridized carbons (Fsp3) is 1.00. The Morgan fingerprint density at radius 3 is 2.80 bits per heavy atom. The summed E-state index contributed by atoms with van der Waals surface area (Å²) in [4.78, 5) is 0. The summed E-state index contributed by atoms with van der Waals surface area (Å²) in [6, 6.07) is 0. The smallest absolute Gasteiger partial charge is 0.152 e. The van der Waals surface area contributed by atoms with Gasteiger partial charge in [0.2, 0.25) is 0 Å². The Balaban J connectivity index is 3.31. The number of hydrogen-bond acceptors (Lipinski definition) is 6. The molecule has 2 atom stereocenters. The molecule has 0 saturated carbocycles. The van der Waals surface area contributed by atoms with Gasteiger partial charge in [-0.25, -0.2) is 0 Å². The molecule has 7 heteroatoms. The van der Waals surface area contributed by atoms with E-state index in [0.717, 1.165) is 12.2 Å². The van der Waals surface area contributed by atoms with Crippen LogP contribution in [0.4, 0.5) is 0 Å². The van der Waals surface area contributed by atoms with Crippen LogP contribution in [0.15, 0.2) is 0 Å². The summed E-state index contributed by atoms with van der Waals surface area (Å²) < 4.78 is 6.78. The third kappa shape index (κ3) is 4.99. The predicted molar refractivity (Wildman–Crippen MR) is 51.7 cm³/mol. The molecule has 0 aromatic carbocycles. The predicted octanol–water partition coefficient (Wildman–Crippen LogP) is 0.115. The van der Waals surface area contributed by atoms with Crippen molar-refractivity contribution in [3.8, 4) is 0 Å². The fourth-order valence-electron chi connectivity index (χ4n) is 0.214. The molecule has 0 saturated heterocycles. The van der Waals surface area contributed by atoms with Gasteiger partial charge in [-0.3, -0.25) is 4.18 Å². The first-order valence-electron chi connectivity index (χ1n) is 2.36. The Morgan fingerprint density at radius 2 is 2.40 bits per heavy atom. The summed E-state index contributed by atoms with van der Waals surface area (Å²) >= 11 is 6.39. The number of rotatable bonds is 5. The highest BCUT2D eigenvalue weighted by Gasteiger charge is 2.15. The first kappa shape index (κ1) is 11.3. The molecular formula is C3H8INO3S2. The van der Waals surface area contributed by atoms with E-state index < -0.39 is 10.2 Å². The molecule has 0 amide bonds.